The van der Waals surface area contributed by atoms with Gasteiger partial charge in [0.15, 0.2) is 0 Å². The average Bonchev–Trinajstić information content (AvgIpc) is 3.25. The van der Waals surface area contributed by atoms with Gasteiger partial charge in [-0.25, -0.2) is 9.78 Å². The molecule has 9 heteroatoms. The van der Waals surface area contributed by atoms with Crippen LogP contribution >= 0.6 is 11.8 Å². The predicted molar refractivity (Wildman–Crippen MR) is 114 cm³/mol. The zero-order valence-corrected chi connectivity index (χ0v) is 18.0. The Labute approximate surface area is 173 Å². The molecule has 1 saturated heterocycles. The molecule has 1 aliphatic rings. The number of thioether (sulfide) groups is 1. The van der Waals surface area contributed by atoms with E-state index in [0.29, 0.717) is 17.6 Å². The van der Waals surface area contributed by atoms with Crippen LogP contribution in [-0.4, -0.2) is 45.0 Å². The third-order valence-corrected chi connectivity index (χ3v) is 6.35. The lowest BCUT2D eigenvalue weighted by molar-refractivity contribution is -0.119. The highest BCUT2D eigenvalue weighted by Gasteiger charge is 2.20. The molecule has 0 saturated carbocycles. The number of aromatic nitrogens is 3. The van der Waals surface area contributed by atoms with E-state index in [-0.39, 0.29) is 23.3 Å². The molecule has 0 unspecified atom stereocenters. The van der Waals surface area contributed by atoms with Crippen LogP contribution in [0.15, 0.2) is 20.7 Å². The monoisotopic (exact) mass is 420 g/mol. The number of hydrogen-bond donors (Lipinski definition) is 1. The Bertz CT molecular complexity index is 1010. The first-order valence-corrected chi connectivity index (χ1v) is 11.0. The number of carbonyl (C=O) groups is 1. The number of carbonyl (C=O) groups excluding carboxylic acids is 1. The van der Waals surface area contributed by atoms with E-state index in [0.717, 1.165) is 53.7 Å². The maximum Gasteiger partial charge on any atom is 0.332 e. The molecule has 0 spiro atoms. The minimum atomic E-state index is -0.415. The molecule has 3 rings (SSSR count). The number of ether oxygens (including phenoxy) is 1. The van der Waals surface area contributed by atoms with Crippen LogP contribution < -0.4 is 16.6 Å². The van der Waals surface area contributed by atoms with Crippen LogP contribution in [-0.2, 0) is 30.0 Å². The van der Waals surface area contributed by atoms with Crippen molar-refractivity contribution in [1.29, 1.82) is 0 Å². The van der Waals surface area contributed by atoms with Gasteiger partial charge in [-0.3, -0.25) is 18.7 Å². The Balaban J connectivity index is 1.89. The molecule has 1 fully saturated rings. The van der Waals surface area contributed by atoms with Crippen molar-refractivity contribution >= 4 is 28.7 Å². The van der Waals surface area contributed by atoms with Crippen molar-refractivity contribution in [3.05, 3.63) is 32.6 Å². The van der Waals surface area contributed by atoms with Gasteiger partial charge in [-0.05, 0) is 31.2 Å². The van der Waals surface area contributed by atoms with Crippen molar-refractivity contribution in [3.63, 3.8) is 0 Å². The zero-order chi connectivity index (χ0) is 21.0. The summed E-state index contributed by atoms with van der Waals surface area (Å²) >= 11 is 1.33. The Kier molecular flexibility index (Phi) is 7.13. The summed E-state index contributed by atoms with van der Waals surface area (Å²) in [4.78, 5) is 42.6. The van der Waals surface area contributed by atoms with Crippen molar-refractivity contribution in [2.24, 2.45) is 14.1 Å². The van der Waals surface area contributed by atoms with E-state index in [4.69, 9.17) is 4.74 Å². The van der Waals surface area contributed by atoms with Crippen LogP contribution in [0.4, 0.5) is 0 Å². The van der Waals surface area contributed by atoms with Gasteiger partial charge in [0.05, 0.1) is 17.2 Å². The Hall–Kier alpha value is -2.13. The molecule has 2 aromatic heterocycles. The quantitative estimate of drug-likeness (QED) is 0.648. The maximum absolute atomic E-state index is 12.9. The van der Waals surface area contributed by atoms with Crippen LogP contribution in [0.25, 0.3) is 11.0 Å². The molecule has 0 radical (unpaired) electrons. The minimum Gasteiger partial charge on any atom is -0.376 e. The smallest absolute Gasteiger partial charge is 0.332 e. The summed E-state index contributed by atoms with van der Waals surface area (Å²) in [6.07, 6.45) is 6.55. The summed E-state index contributed by atoms with van der Waals surface area (Å²) in [6, 6.07) is 0. The first kappa shape index (κ1) is 21.6. The molecule has 29 heavy (non-hydrogen) atoms. The van der Waals surface area contributed by atoms with E-state index in [1.54, 1.807) is 13.2 Å². The molecule has 0 bridgehead atoms. The highest BCUT2D eigenvalue weighted by molar-refractivity contribution is 8.00. The van der Waals surface area contributed by atoms with Gasteiger partial charge in [0.25, 0.3) is 5.56 Å². The van der Waals surface area contributed by atoms with Crippen LogP contribution in [0.2, 0.25) is 0 Å². The first-order chi connectivity index (χ1) is 13.9. The van der Waals surface area contributed by atoms with Gasteiger partial charge in [-0.2, -0.15) is 0 Å². The van der Waals surface area contributed by atoms with Crippen molar-refractivity contribution in [2.45, 2.75) is 50.0 Å². The molecule has 1 N–H and O–H groups in total. The normalized spacial score (nSPS) is 16.4. The summed E-state index contributed by atoms with van der Waals surface area (Å²) in [5.41, 5.74) is 0.491. The summed E-state index contributed by atoms with van der Waals surface area (Å²) in [6.45, 7) is 3.36. The fourth-order valence-electron chi connectivity index (χ4n) is 3.47. The molecule has 2 aromatic rings. The van der Waals surface area contributed by atoms with E-state index in [1.807, 2.05) is 0 Å². The largest absolute Gasteiger partial charge is 0.376 e. The lowest BCUT2D eigenvalue weighted by Crippen LogP contribution is -2.37. The van der Waals surface area contributed by atoms with Crippen LogP contribution in [0.5, 0.6) is 0 Å². The van der Waals surface area contributed by atoms with E-state index < -0.39 is 5.69 Å². The van der Waals surface area contributed by atoms with Crippen molar-refractivity contribution < 1.29 is 9.53 Å². The number of amides is 1. The van der Waals surface area contributed by atoms with Crippen molar-refractivity contribution in [1.82, 2.24) is 19.4 Å². The van der Waals surface area contributed by atoms with E-state index in [1.165, 1.54) is 23.4 Å². The molecular weight excluding hydrogens is 392 g/mol. The number of nitrogens with zero attached hydrogens (tertiary/aromatic N) is 3. The second kappa shape index (κ2) is 9.58. The molecular formula is C20H28N4O4S. The number of pyridine rings is 1. The van der Waals surface area contributed by atoms with E-state index >= 15 is 0 Å². The molecule has 0 aliphatic carbocycles. The highest BCUT2D eigenvalue weighted by Crippen LogP contribution is 2.29. The lowest BCUT2D eigenvalue weighted by atomic mass is 10.1. The number of fused-ring (bicyclic) bond motifs is 1. The second-order valence-corrected chi connectivity index (χ2v) is 8.33. The Morgan fingerprint density at radius 3 is 2.83 bits per heavy atom. The molecule has 1 aliphatic heterocycles. The number of unbranched alkanes of at least 4 members (excludes halogenated alkanes) is 1. The van der Waals surface area contributed by atoms with Gasteiger partial charge < -0.3 is 10.1 Å². The minimum absolute atomic E-state index is 0.0904. The average molecular weight is 421 g/mol. The summed E-state index contributed by atoms with van der Waals surface area (Å²) in [5, 5.41) is 3.32. The van der Waals surface area contributed by atoms with Gasteiger partial charge >= 0.3 is 5.69 Å². The fraction of sp³-hybridized carbons (Fsp3) is 0.600. The van der Waals surface area contributed by atoms with E-state index in [2.05, 4.69) is 17.2 Å². The zero-order valence-electron chi connectivity index (χ0n) is 17.2. The molecule has 3 heterocycles. The van der Waals surface area contributed by atoms with Gasteiger partial charge in [0.1, 0.15) is 5.65 Å². The Morgan fingerprint density at radius 1 is 1.34 bits per heavy atom. The van der Waals surface area contributed by atoms with Gasteiger partial charge in [0.2, 0.25) is 5.91 Å². The lowest BCUT2D eigenvalue weighted by Gasteiger charge is -2.15. The highest BCUT2D eigenvalue weighted by atomic mass is 32.2. The number of rotatable bonds is 8. The maximum atomic E-state index is 12.9. The molecule has 1 amide bonds. The topological polar surface area (TPSA) is 95.2 Å². The van der Waals surface area contributed by atoms with Crippen LogP contribution in [0.1, 0.15) is 38.2 Å². The van der Waals surface area contributed by atoms with Gasteiger partial charge in [-0.15, -0.1) is 11.8 Å². The standard InChI is InChI=1S/C20H28N4O4S/c1-4-5-7-13-10-22-18-16(19(26)24(3)20(27)23(18)2)17(13)29-12-15(25)21-11-14-8-6-9-28-14/h10,14H,4-9,11-12H2,1-3H3,(H,21,25)/t14-/m0/s1. The molecule has 0 aromatic carbocycles. The predicted octanol–water partition coefficient (Wildman–Crippen LogP) is 1.36. The molecule has 8 nitrogen and oxygen atoms in total. The summed E-state index contributed by atoms with van der Waals surface area (Å²) in [7, 11) is 3.07. The number of aryl methyl sites for hydroxylation is 2. The van der Waals surface area contributed by atoms with Gasteiger partial charge in [0, 0.05) is 38.3 Å². The van der Waals surface area contributed by atoms with Crippen molar-refractivity contribution in [3.8, 4) is 0 Å². The Morgan fingerprint density at radius 2 is 2.14 bits per heavy atom. The van der Waals surface area contributed by atoms with Crippen molar-refractivity contribution in [2.75, 3.05) is 18.9 Å². The first-order valence-electron chi connectivity index (χ1n) is 10.0. The molecule has 158 valence electrons. The third kappa shape index (κ3) is 4.72. The summed E-state index contributed by atoms with van der Waals surface area (Å²) in [5.74, 6) is 0.0929. The number of hydrogen-bond acceptors (Lipinski definition) is 6. The summed E-state index contributed by atoms with van der Waals surface area (Å²) < 4.78 is 8.00. The fourth-order valence-corrected chi connectivity index (χ4v) is 4.51. The van der Waals surface area contributed by atoms with E-state index in [9.17, 15) is 14.4 Å². The number of nitrogens with one attached hydrogen (secondary N) is 1. The van der Waals surface area contributed by atoms with Gasteiger partial charge in [-0.1, -0.05) is 13.3 Å². The third-order valence-electron chi connectivity index (χ3n) is 5.19. The second-order valence-electron chi connectivity index (χ2n) is 7.35. The van der Waals surface area contributed by atoms with Crippen LogP contribution in [0, 0.1) is 0 Å². The molecule has 1 atom stereocenters. The van der Waals surface area contributed by atoms with Crippen LogP contribution in [0.3, 0.4) is 0 Å². The SMILES string of the molecule is CCCCc1cnc2c(c1SCC(=O)NC[C@@H]1CCCO1)c(=O)n(C)c(=O)n2C.